The van der Waals surface area contributed by atoms with Crippen molar-refractivity contribution in [3.05, 3.63) is 16.5 Å². The molecule has 0 saturated carbocycles. The lowest BCUT2D eigenvalue weighted by Gasteiger charge is -2.10. The molecule has 1 aliphatic heterocycles. The van der Waals surface area contributed by atoms with Gasteiger partial charge in [0.1, 0.15) is 4.21 Å². The Hall–Kier alpha value is -0.470. The topological polar surface area (TPSA) is 75.6 Å². The first-order chi connectivity index (χ1) is 8.53. The number of rotatable bonds is 5. The molecule has 18 heavy (non-hydrogen) atoms. The van der Waals surface area contributed by atoms with Crippen molar-refractivity contribution in [3.63, 3.8) is 0 Å². The second-order valence-electron chi connectivity index (χ2n) is 4.32. The third kappa shape index (κ3) is 3.10. The molecule has 102 valence electrons. The molecule has 0 amide bonds. The number of thiophene rings is 1. The number of aliphatic hydroxyl groups excluding tert-OH is 1. The average molecular weight is 291 g/mol. The van der Waals surface area contributed by atoms with Crippen molar-refractivity contribution in [2.75, 3.05) is 13.2 Å². The summed E-state index contributed by atoms with van der Waals surface area (Å²) in [6, 6.07) is 1.59. The second kappa shape index (κ2) is 5.66. The quantitative estimate of drug-likeness (QED) is 0.849. The monoisotopic (exact) mass is 291 g/mol. The van der Waals surface area contributed by atoms with Crippen molar-refractivity contribution in [1.82, 2.24) is 4.72 Å². The smallest absolute Gasteiger partial charge is 0.250 e. The molecule has 2 rings (SSSR count). The van der Waals surface area contributed by atoms with Crippen LogP contribution in [0.25, 0.3) is 0 Å². The average Bonchev–Trinajstić information content (AvgIpc) is 2.95. The first-order valence-electron chi connectivity index (χ1n) is 5.84. The molecular formula is C11H17NO4S2. The van der Waals surface area contributed by atoms with E-state index >= 15 is 0 Å². The molecule has 1 fully saturated rings. The fraction of sp³-hybridized carbons (Fsp3) is 0.636. The summed E-state index contributed by atoms with van der Waals surface area (Å²) in [5.41, 5.74) is 0.806. The van der Waals surface area contributed by atoms with Crippen LogP contribution in [0.1, 0.15) is 23.3 Å². The molecule has 0 aromatic carbocycles. The predicted octanol–water partition coefficient (Wildman–Crippen LogP) is 1.01. The third-order valence-corrected chi connectivity index (χ3v) is 6.05. The van der Waals surface area contributed by atoms with E-state index in [-0.39, 0.29) is 16.9 Å². The maximum atomic E-state index is 12.0. The SMILES string of the molecule is Cc1cc(S(=O)(=O)NCC2CCCO2)sc1CO. The highest BCUT2D eigenvalue weighted by molar-refractivity contribution is 7.91. The molecule has 1 atom stereocenters. The van der Waals surface area contributed by atoms with Gasteiger partial charge < -0.3 is 9.84 Å². The van der Waals surface area contributed by atoms with Gasteiger partial charge in [0.25, 0.3) is 0 Å². The lowest BCUT2D eigenvalue weighted by atomic mass is 10.2. The van der Waals surface area contributed by atoms with Gasteiger partial charge in [-0.2, -0.15) is 0 Å². The first kappa shape index (κ1) is 14.0. The summed E-state index contributed by atoms with van der Waals surface area (Å²) in [5, 5.41) is 9.08. The minimum Gasteiger partial charge on any atom is -0.391 e. The summed E-state index contributed by atoms with van der Waals surface area (Å²) in [5.74, 6) is 0. The maximum absolute atomic E-state index is 12.0. The number of hydrogen-bond donors (Lipinski definition) is 2. The number of sulfonamides is 1. The Morgan fingerprint density at radius 1 is 1.61 bits per heavy atom. The van der Waals surface area contributed by atoms with E-state index in [1.807, 2.05) is 0 Å². The number of ether oxygens (including phenoxy) is 1. The highest BCUT2D eigenvalue weighted by Crippen LogP contribution is 2.26. The van der Waals surface area contributed by atoms with Gasteiger partial charge in [-0.05, 0) is 31.4 Å². The Balaban J connectivity index is 2.04. The van der Waals surface area contributed by atoms with E-state index in [0.29, 0.717) is 18.0 Å². The van der Waals surface area contributed by atoms with Crippen molar-refractivity contribution >= 4 is 21.4 Å². The van der Waals surface area contributed by atoms with E-state index in [0.717, 1.165) is 29.7 Å². The van der Waals surface area contributed by atoms with Crippen molar-refractivity contribution < 1.29 is 18.3 Å². The van der Waals surface area contributed by atoms with Crippen LogP contribution >= 0.6 is 11.3 Å². The fourth-order valence-corrected chi connectivity index (χ4v) is 4.42. The summed E-state index contributed by atoms with van der Waals surface area (Å²) in [7, 11) is -3.48. The zero-order chi connectivity index (χ0) is 13.2. The molecule has 2 N–H and O–H groups in total. The molecule has 1 aromatic rings. The minimum atomic E-state index is -3.48. The van der Waals surface area contributed by atoms with Crippen molar-refractivity contribution in [3.8, 4) is 0 Å². The number of hydrogen-bond acceptors (Lipinski definition) is 5. The Morgan fingerprint density at radius 2 is 2.39 bits per heavy atom. The van der Waals surface area contributed by atoms with Gasteiger partial charge in [-0.1, -0.05) is 0 Å². The Bertz CT molecular complexity index is 503. The standard InChI is InChI=1S/C11H17NO4S2/c1-8-5-11(17-10(8)7-13)18(14,15)12-6-9-3-2-4-16-9/h5,9,12-13H,2-4,6-7H2,1H3. The molecule has 0 bridgehead atoms. The van der Waals surface area contributed by atoms with Gasteiger partial charge in [-0.3, -0.25) is 0 Å². The first-order valence-corrected chi connectivity index (χ1v) is 8.14. The highest BCUT2D eigenvalue weighted by atomic mass is 32.2. The largest absolute Gasteiger partial charge is 0.391 e. The Kier molecular flexibility index (Phi) is 4.39. The van der Waals surface area contributed by atoms with E-state index in [4.69, 9.17) is 9.84 Å². The van der Waals surface area contributed by atoms with Crippen molar-refractivity contribution in [2.24, 2.45) is 0 Å². The predicted molar refractivity (Wildman–Crippen MR) is 69.1 cm³/mol. The lowest BCUT2D eigenvalue weighted by Crippen LogP contribution is -2.31. The van der Waals surface area contributed by atoms with Crippen LogP contribution in [0, 0.1) is 6.92 Å². The van der Waals surface area contributed by atoms with E-state index in [1.165, 1.54) is 0 Å². The number of nitrogens with one attached hydrogen (secondary N) is 1. The van der Waals surface area contributed by atoms with Crippen LogP contribution in [0.5, 0.6) is 0 Å². The van der Waals surface area contributed by atoms with E-state index in [9.17, 15) is 8.42 Å². The van der Waals surface area contributed by atoms with Gasteiger partial charge in [-0.15, -0.1) is 11.3 Å². The van der Waals surface area contributed by atoms with Gasteiger partial charge in [0.15, 0.2) is 0 Å². The van der Waals surface area contributed by atoms with Crippen LogP contribution in [0.15, 0.2) is 10.3 Å². The van der Waals surface area contributed by atoms with Crippen LogP contribution in [0.2, 0.25) is 0 Å². The van der Waals surface area contributed by atoms with Gasteiger partial charge >= 0.3 is 0 Å². The van der Waals surface area contributed by atoms with E-state index < -0.39 is 10.0 Å². The number of aryl methyl sites for hydroxylation is 1. The highest BCUT2D eigenvalue weighted by Gasteiger charge is 2.22. The van der Waals surface area contributed by atoms with E-state index in [1.54, 1.807) is 13.0 Å². The maximum Gasteiger partial charge on any atom is 0.250 e. The number of aliphatic hydroxyl groups is 1. The Morgan fingerprint density at radius 3 is 2.94 bits per heavy atom. The molecule has 7 heteroatoms. The normalized spacial score (nSPS) is 20.4. The van der Waals surface area contributed by atoms with Crippen molar-refractivity contribution in [1.29, 1.82) is 0 Å². The lowest BCUT2D eigenvalue weighted by molar-refractivity contribution is 0.114. The molecule has 0 spiro atoms. The minimum absolute atomic E-state index is 0.0156. The molecule has 0 radical (unpaired) electrons. The molecule has 1 saturated heterocycles. The van der Waals surface area contributed by atoms with Crippen LogP contribution in [-0.2, 0) is 21.4 Å². The summed E-state index contributed by atoms with van der Waals surface area (Å²) in [6.45, 7) is 2.69. The van der Waals surface area contributed by atoms with Gasteiger partial charge in [0, 0.05) is 18.0 Å². The van der Waals surface area contributed by atoms with Gasteiger partial charge in [0.2, 0.25) is 10.0 Å². The molecule has 2 heterocycles. The molecule has 1 aliphatic rings. The fourth-order valence-electron chi connectivity index (χ4n) is 1.86. The second-order valence-corrected chi connectivity index (χ2v) is 7.45. The van der Waals surface area contributed by atoms with Crippen LogP contribution < -0.4 is 4.72 Å². The van der Waals surface area contributed by atoms with Crippen LogP contribution in [0.4, 0.5) is 0 Å². The van der Waals surface area contributed by atoms with Crippen LogP contribution in [-0.4, -0.2) is 32.8 Å². The zero-order valence-corrected chi connectivity index (χ0v) is 11.8. The zero-order valence-electron chi connectivity index (χ0n) is 10.2. The Labute approximate surface area is 111 Å². The van der Waals surface area contributed by atoms with Gasteiger partial charge in [0.05, 0.1) is 12.7 Å². The third-order valence-electron chi connectivity index (χ3n) is 2.93. The summed E-state index contributed by atoms with van der Waals surface area (Å²) in [6.07, 6.45) is 1.87. The molecule has 1 unspecified atom stereocenters. The molecule has 1 aromatic heterocycles. The molecule has 0 aliphatic carbocycles. The van der Waals surface area contributed by atoms with Gasteiger partial charge in [-0.25, -0.2) is 13.1 Å². The summed E-state index contributed by atoms with van der Waals surface area (Å²) >= 11 is 1.11. The van der Waals surface area contributed by atoms with Crippen molar-refractivity contribution in [2.45, 2.75) is 36.7 Å². The van der Waals surface area contributed by atoms with Crippen LogP contribution in [0.3, 0.4) is 0 Å². The summed E-state index contributed by atoms with van der Waals surface area (Å²) in [4.78, 5) is 0.687. The van der Waals surface area contributed by atoms with E-state index in [2.05, 4.69) is 4.72 Å². The molecule has 5 nitrogen and oxygen atoms in total. The molecular weight excluding hydrogens is 274 g/mol. The summed E-state index contributed by atoms with van der Waals surface area (Å²) < 4.78 is 32.2.